The highest BCUT2D eigenvalue weighted by Gasteiger charge is 2.31. The van der Waals surface area contributed by atoms with Crippen LogP contribution in [0.4, 0.5) is 0 Å². The van der Waals surface area contributed by atoms with Crippen molar-refractivity contribution in [3.8, 4) is 23.3 Å². The van der Waals surface area contributed by atoms with Gasteiger partial charge in [-0.1, -0.05) is 46.3 Å². The van der Waals surface area contributed by atoms with Gasteiger partial charge in [0.05, 0.1) is 5.92 Å². The van der Waals surface area contributed by atoms with E-state index in [1.807, 2.05) is 49.4 Å². The Morgan fingerprint density at radius 1 is 1.12 bits per heavy atom. The molecule has 1 aliphatic rings. The van der Waals surface area contributed by atoms with Crippen LogP contribution in [0.2, 0.25) is 0 Å². The minimum Gasteiger partial charge on any atom is -0.482 e. The number of hydrogen-bond acceptors (Lipinski definition) is 6. The van der Waals surface area contributed by atoms with E-state index in [-0.39, 0.29) is 18.4 Å². The molecule has 7 heteroatoms. The molecule has 0 bridgehead atoms. The van der Waals surface area contributed by atoms with E-state index < -0.39 is 5.97 Å². The molecule has 160 valence electrons. The van der Waals surface area contributed by atoms with Crippen molar-refractivity contribution in [1.29, 1.82) is 5.26 Å². The Balaban J connectivity index is 1.54. The van der Waals surface area contributed by atoms with E-state index in [0.29, 0.717) is 22.8 Å². The first-order valence-electron chi connectivity index (χ1n) is 9.82. The normalized spacial score (nSPS) is 14.7. The first-order chi connectivity index (χ1) is 15.4. The number of ether oxygens (including phenoxy) is 3. The van der Waals surface area contributed by atoms with Gasteiger partial charge in [0.2, 0.25) is 5.88 Å². The number of carbonyl (C=O) groups excluding carboxylic acids is 1. The smallest absolute Gasteiger partial charge is 0.349 e. The Labute approximate surface area is 194 Å². The minimum atomic E-state index is -0.548. The number of carbonyl (C=O) groups is 1. The molecule has 1 atom stereocenters. The molecule has 0 aliphatic carbocycles. The maximum absolute atomic E-state index is 12.2. The lowest BCUT2D eigenvalue weighted by Crippen LogP contribution is -2.21. The molecule has 3 aromatic rings. The van der Waals surface area contributed by atoms with Crippen LogP contribution in [-0.4, -0.2) is 12.6 Å². The van der Waals surface area contributed by atoms with Crippen LogP contribution in [0, 0.1) is 18.3 Å². The molecule has 0 spiro atoms. The summed E-state index contributed by atoms with van der Waals surface area (Å²) in [6.07, 6.45) is 0. The summed E-state index contributed by atoms with van der Waals surface area (Å²) in [5.74, 6) is 0.414. The predicted octanol–water partition coefficient (Wildman–Crippen LogP) is 4.96. The van der Waals surface area contributed by atoms with E-state index in [4.69, 9.17) is 19.9 Å². The first kappa shape index (κ1) is 21.5. The molecule has 0 aromatic heterocycles. The van der Waals surface area contributed by atoms with E-state index in [2.05, 4.69) is 22.0 Å². The fourth-order valence-corrected chi connectivity index (χ4v) is 3.77. The summed E-state index contributed by atoms with van der Waals surface area (Å²) in [5.41, 5.74) is 9.05. The van der Waals surface area contributed by atoms with E-state index in [9.17, 15) is 10.1 Å². The molecular formula is C25H19BrN2O4. The Bertz CT molecular complexity index is 1250. The highest BCUT2D eigenvalue weighted by Crippen LogP contribution is 2.43. The second-order valence-electron chi connectivity index (χ2n) is 7.26. The van der Waals surface area contributed by atoms with Crippen LogP contribution in [0.1, 0.15) is 22.6 Å². The number of fused-ring (bicyclic) bond motifs is 1. The maximum Gasteiger partial charge on any atom is 0.349 e. The largest absolute Gasteiger partial charge is 0.482 e. The fourth-order valence-electron chi connectivity index (χ4n) is 3.51. The molecule has 4 rings (SSSR count). The molecule has 1 heterocycles. The van der Waals surface area contributed by atoms with E-state index in [1.165, 1.54) is 0 Å². The standard InChI is InChI=1S/C25H19BrN2O4/c1-15-3-2-4-18(11-15)30-14-23(29)31-19-9-10-20-22(12-19)32-25(28)21(13-27)24(20)16-5-7-17(26)8-6-16/h2-12,24H,14,28H2,1H3. The highest BCUT2D eigenvalue weighted by atomic mass is 79.9. The number of nitriles is 1. The van der Waals surface area contributed by atoms with Crippen LogP contribution in [0.5, 0.6) is 17.2 Å². The molecular weight excluding hydrogens is 472 g/mol. The minimum absolute atomic E-state index is 0.0270. The van der Waals surface area contributed by atoms with Gasteiger partial charge in [0.1, 0.15) is 28.9 Å². The van der Waals surface area contributed by atoms with Gasteiger partial charge in [-0.2, -0.15) is 5.26 Å². The van der Waals surface area contributed by atoms with Crippen LogP contribution in [0.15, 0.2) is 82.7 Å². The summed E-state index contributed by atoms with van der Waals surface area (Å²) < 4.78 is 17.5. The quantitative estimate of drug-likeness (QED) is 0.401. The van der Waals surface area contributed by atoms with Crippen molar-refractivity contribution in [3.05, 3.63) is 99.3 Å². The zero-order valence-electron chi connectivity index (χ0n) is 17.2. The van der Waals surface area contributed by atoms with Crippen molar-refractivity contribution in [1.82, 2.24) is 0 Å². The Morgan fingerprint density at radius 3 is 2.62 bits per heavy atom. The molecule has 1 aliphatic heterocycles. The number of allylic oxidation sites excluding steroid dienone is 1. The van der Waals surface area contributed by atoms with Gasteiger partial charge in [-0.25, -0.2) is 4.79 Å². The zero-order valence-corrected chi connectivity index (χ0v) is 18.8. The molecule has 3 aromatic carbocycles. The molecule has 2 N–H and O–H groups in total. The number of hydrogen-bond donors (Lipinski definition) is 1. The summed E-state index contributed by atoms with van der Waals surface area (Å²) in [7, 11) is 0. The van der Waals surface area contributed by atoms with Gasteiger partial charge in [0.15, 0.2) is 6.61 Å². The molecule has 1 unspecified atom stereocenters. The fraction of sp³-hybridized carbons (Fsp3) is 0.120. The Hall–Kier alpha value is -3.76. The third-order valence-electron chi connectivity index (χ3n) is 4.97. The van der Waals surface area contributed by atoms with E-state index >= 15 is 0 Å². The number of nitrogens with two attached hydrogens (primary N) is 1. The molecule has 0 saturated carbocycles. The second-order valence-corrected chi connectivity index (χ2v) is 8.17. The number of esters is 1. The summed E-state index contributed by atoms with van der Waals surface area (Å²) in [5, 5.41) is 9.66. The lowest BCUT2D eigenvalue weighted by molar-refractivity contribution is -0.136. The van der Waals surface area contributed by atoms with Crippen LogP contribution in [0.3, 0.4) is 0 Å². The molecule has 0 amide bonds. The average molecular weight is 491 g/mol. The van der Waals surface area contributed by atoms with Gasteiger partial charge < -0.3 is 19.9 Å². The third-order valence-corrected chi connectivity index (χ3v) is 5.50. The summed E-state index contributed by atoms with van der Waals surface area (Å²) in [6, 6.07) is 22.2. The van der Waals surface area contributed by atoms with Gasteiger partial charge in [-0.05, 0) is 48.4 Å². The lowest BCUT2D eigenvalue weighted by atomic mass is 9.83. The number of halogens is 1. The maximum atomic E-state index is 12.2. The highest BCUT2D eigenvalue weighted by molar-refractivity contribution is 9.10. The van der Waals surface area contributed by atoms with Crippen LogP contribution in [0.25, 0.3) is 0 Å². The van der Waals surface area contributed by atoms with Crippen LogP contribution in [-0.2, 0) is 4.79 Å². The van der Waals surface area contributed by atoms with E-state index in [1.54, 1.807) is 24.3 Å². The van der Waals surface area contributed by atoms with E-state index in [0.717, 1.165) is 21.2 Å². The topological polar surface area (TPSA) is 94.6 Å². The van der Waals surface area contributed by atoms with Gasteiger partial charge in [-0.15, -0.1) is 0 Å². The molecule has 0 fully saturated rings. The number of benzene rings is 3. The third kappa shape index (κ3) is 4.61. The first-order valence-corrected chi connectivity index (χ1v) is 10.6. The zero-order chi connectivity index (χ0) is 22.7. The summed E-state index contributed by atoms with van der Waals surface area (Å²) in [4.78, 5) is 12.2. The SMILES string of the molecule is Cc1cccc(OCC(=O)Oc2ccc3c(c2)OC(N)=C(C#N)C3c2ccc(Br)cc2)c1. The van der Waals surface area contributed by atoms with Gasteiger partial charge in [-0.3, -0.25) is 0 Å². The van der Waals surface area contributed by atoms with Crippen molar-refractivity contribution in [2.24, 2.45) is 5.73 Å². The van der Waals surface area contributed by atoms with Crippen LogP contribution >= 0.6 is 15.9 Å². The summed E-state index contributed by atoms with van der Waals surface area (Å²) >= 11 is 3.42. The molecule has 0 saturated heterocycles. The van der Waals surface area contributed by atoms with Crippen molar-refractivity contribution < 1.29 is 19.0 Å². The predicted molar refractivity (Wildman–Crippen MR) is 122 cm³/mol. The van der Waals surface area contributed by atoms with Crippen molar-refractivity contribution in [3.63, 3.8) is 0 Å². The van der Waals surface area contributed by atoms with Crippen molar-refractivity contribution >= 4 is 21.9 Å². The number of aryl methyl sites for hydroxylation is 1. The molecule has 0 radical (unpaired) electrons. The van der Waals surface area contributed by atoms with Crippen molar-refractivity contribution in [2.75, 3.05) is 6.61 Å². The molecule has 32 heavy (non-hydrogen) atoms. The second kappa shape index (κ2) is 9.16. The van der Waals surface area contributed by atoms with Gasteiger partial charge >= 0.3 is 5.97 Å². The Morgan fingerprint density at radius 2 is 1.91 bits per heavy atom. The lowest BCUT2D eigenvalue weighted by Gasteiger charge is -2.26. The van der Waals surface area contributed by atoms with Crippen LogP contribution < -0.4 is 19.9 Å². The number of nitrogens with zero attached hydrogens (tertiary/aromatic N) is 1. The van der Waals surface area contributed by atoms with Gasteiger partial charge in [0.25, 0.3) is 0 Å². The van der Waals surface area contributed by atoms with Crippen molar-refractivity contribution in [2.45, 2.75) is 12.8 Å². The molecule has 6 nitrogen and oxygen atoms in total. The monoisotopic (exact) mass is 490 g/mol. The van der Waals surface area contributed by atoms with Gasteiger partial charge in [0, 0.05) is 16.1 Å². The number of rotatable bonds is 5. The average Bonchev–Trinajstić information content (AvgIpc) is 2.77. The summed E-state index contributed by atoms with van der Waals surface area (Å²) in [6.45, 7) is 1.71. The Kier molecular flexibility index (Phi) is 6.15.